The molecule has 80 valence electrons. The van der Waals surface area contributed by atoms with Gasteiger partial charge >= 0.3 is 0 Å². The van der Waals surface area contributed by atoms with Gasteiger partial charge in [-0.3, -0.25) is 0 Å². The third-order valence-electron chi connectivity index (χ3n) is 2.55. The van der Waals surface area contributed by atoms with Crippen molar-refractivity contribution in [2.24, 2.45) is 0 Å². The largest absolute Gasteiger partial charge is 0.368 e. The number of nitrogens with zero attached hydrogens (tertiary/aromatic N) is 2. The zero-order chi connectivity index (χ0) is 10.7. The van der Waals surface area contributed by atoms with E-state index in [1.54, 1.807) is 6.33 Å². The van der Waals surface area contributed by atoms with Crippen molar-refractivity contribution in [1.82, 2.24) is 9.97 Å². The van der Waals surface area contributed by atoms with Gasteiger partial charge in [0.15, 0.2) is 0 Å². The minimum absolute atomic E-state index is 0.412. The van der Waals surface area contributed by atoms with Gasteiger partial charge in [-0.2, -0.15) is 0 Å². The Bertz CT molecular complexity index is 350. The highest BCUT2D eigenvalue weighted by molar-refractivity contribution is 5.37. The van der Waals surface area contributed by atoms with Gasteiger partial charge in [-0.1, -0.05) is 12.2 Å². The van der Waals surface area contributed by atoms with Crippen LogP contribution in [0.1, 0.15) is 38.3 Å². The average molecular weight is 203 g/mol. The smallest absolute Gasteiger partial charge is 0.129 e. The summed E-state index contributed by atoms with van der Waals surface area (Å²) in [6.07, 6.45) is 8.32. The summed E-state index contributed by atoms with van der Waals surface area (Å²) in [5.41, 5.74) is 1.15. The summed E-state index contributed by atoms with van der Waals surface area (Å²) < 4.78 is 0. The van der Waals surface area contributed by atoms with Crippen LogP contribution in [-0.4, -0.2) is 16.0 Å². The van der Waals surface area contributed by atoms with E-state index in [0.717, 1.165) is 24.4 Å². The van der Waals surface area contributed by atoms with Crippen LogP contribution in [0, 0.1) is 0 Å². The van der Waals surface area contributed by atoms with E-state index >= 15 is 0 Å². The zero-order valence-corrected chi connectivity index (χ0v) is 9.27. The van der Waals surface area contributed by atoms with Gasteiger partial charge < -0.3 is 5.32 Å². The van der Waals surface area contributed by atoms with E-state index < -0.39 is 0 Å². The Balaban J connectivity index is 2.11. The van der Waals surface area contributed by atoms with Crippen LogP contribution in [0.5, 0.6) is 0 Å². The van der Waals surface area contributed by atoms with Gasteiger partial charge in [0.25, 0.3) is 0 Å². The molecule has 2 rings (SSSR count). The second-order valence-electron chi connectivity index (χ2n) is 4.27. The third kappa shape index (κ3) is 2.55. The van der Waals surface area contributed by atoms with Crippen LogP contribution in [0.4, 0.5) is 5.82 Å². The van der Waals surface area contributed by atoms with Crippen LogP contribution in [0.3, 0.4) is 0 Å². The van der Waals surface area contributed by atoms with Crippen LogP contribution < -0.4 is 5.32 Å². The summed E-state index contributed by atoms with van der Waals surface area (Å²) in [5, 5.41) is 3.30. The summed E-state index contributed by atoms with van der Waals surface area (Å²) in [7, 11) is 0. The highest BCUT2D eigenvalue weighted by Gasteiger charge is 2.14. The standard InChI is InChI=1S/C12H17N3/c1-9(2)15-12-7-11(13-8-14-12)10-5-3-4-6-10/h3-4,7-10H,5-6H2,1-2H3,(H,13,14,15). The molecule has 15 heavy (non-hydrogen) atoms. The van der Waals surface area contributed by atoms with E-state index in [4.69, 9.17) is 0 Å². The van der Waals surface area contributed by atoms with Gasteiger partial charge in [0.2, 0.25) is 0 Å². The van der Waals surface area contributed by atoms with Crippen LogP contribution in [0.15, 0.2) is 24.5 Å². The molecule has 0 fully saturated rings. The second-order valence-corrected chi connectivity index (χ2v) is 4.27. The normalized spacial score (nSPS) is 16.2. The molecular formula is C12H17N3. The van der Waals surface area contributed by atoms with Crippen LogP contribution >= 0.6 is 0 Å². The van der Waals surface area contributed by atoms with Crippen LogP contribution in [0.25, 0.3) is 0 Å². The molecule has 3 nitrogen and oxygen atoms in total. The van der Waals surface area contributed by atoms with Crippen molar-refractivity contribution in [3.8, 4) is 0 Å². The van der Waals surface area contributed by atoms with Gasteiger partial charge in [0.1, 0.15) is 12.1 Å². The molecule has 1 heterocycles. The molecular weight excluding hydrogens is 186 g/mol. The summed E-state index contributed by atoms with van der Waals surface area (Å²) in [6, 6.07) is 2.48. The fourth-order valence-electron chi connectivity index (χ4n) is 1.83. The van der Waals surface area contributed by atoms with E-state index in [1.807, 2.05) is 0 Å². The van der Waals surface area contributed by atoms with Crippen molar-refractivity contribution >= 4 is 5.82 Å². The molecule has 0 amide bonds. The first-order valence-corrected chi connectivity index (χ1v) is 5.49. The molecule has 3 heteroatoms. The first kappa shape index (κ1) is 10.1. The number of anilines is 1. The Hall–Kier alpha value is -1.38. The predicted octanol–water partition coefficient (Wildman–Crippen LogP) is 2.73. The van der Waals surface area contributed by atoms with Crippen molar-refractivity contribution in [1.29, 1.82) is 0 Å². The van der Waals surface area contributed by atoms with Crippen molar-refractivity contribution in [2.45, 2.75) is 38.6 Å². The van der Waals surface area contributed by atoms with E-state index in [-0.39, 0.29) is 0 Å². The van der Waals surface area contributed by atoms with E-state index in [2.05, 4.69) is 47.4 Å². The maximum absolute atomic E-state index is 4.34. The van der Waals surface area contributed by atoms with Crippen molar-refractivity contribution < 1.29 is 0 Å². The lowest BCUT2D eigenvalue weighted by molar-refractivity contribution is 0.719. The Morgan fingerprint density at radius 1 is 1.27 bits per heavy atom. The number of hydrogen-bond donors (Lipinski definition) is 1. The average Bonchev–Trinajstić information content (AvgIpc) is 2.69. The topological polar surface area (TPSA) is 37.8 Å². The third-order valence-corrected chi connectivity index (χ3v) is 2.55. The molecule has 1 aromatic rings. The fourth-order valence-corrected chi connectivity index (χ4v) is 1.83. The summed E-state index contributed by atoms with van der Waals surface area (Å²) >= 11 is 0. The molecule has 0 atom stereocenters. The van der Waals surface area contributed by atoms with Crippen molar-refractivity contribution in [3.63, 3.8) is 0 Å². The molecule has 0 saturated carbocycles. The van der Waals surface area contributed by atoms with Crippen molar-refractivity contribution in [3.05, 3.63) is 30.2 Å². The molecule has 1 aromatic heterocycles. The lowest BCUT2D eigenvalue weighted by atomic mass is 10.0. The Morgan fingerprint density at radius 2 is 2.00 bits per heavy atom. The number of aromatic nitrogens is 2. The predicted molar refractivity (Wildman–Crippen MR) is 61.9 cm³/mol. The van der Waals surface area contributed by atoms with E-state index in [1.165, 1.54) is 0 Å². The molecule has 1 aliphatic rings. The zero-order valence-electron chi connectivity index (χ0n) is 9.27. The molecule has 1 N–H and O–H groups in total. The summed E-state index contributed by atoms with van der Waals surface area (Å²) in [4.78, 5) is 8.55. The first-order valence-electron chi connectivity index (χ1n) is 5.49. The molecule has 0 radical (unpaired) electrons. The van der Waals surface area contributed by atoms with Crippen molar-refractivity contribution in [2.75, 3.05) is 5.32 Å². The molecule has 1 aliphatic carbocycles. The van der Waals surface area contributed by atoms with Gasteiger partial charge in [0, 0.05) is 23.7 Å². The van der Waals surface area contributed by atoms with Gasteiger partial charge in [0.05, 0.1) is 0 Å². The second kappa shape index (κ2) is 4.43. The fraction of sp³-hybridized carbons (Fsp3) is 0.500. The number of rotatable bonds is 3. The van der Waals surface area contributed by atoms with Crippen LogP contribution in [-0.2, 0) is 0 Å². The Labute approximate surface area is 90.6 Å². The lowest BCUT2D eigenvalue weighted by Gasteiger charge is -2.12. The minimum Gasteiger partial charge on any atom is -0.368 e. The number of allylic oxidation sites excluding steroid dienone is 2. The molecule has 0 aliphatic heterocycles. The number of nitrogens with one attached hydrogen (secondary N) is 1. The minimum atomic E-state index is 0.412. The van der Waals surface area contributed by atoms with Gasteiger partial charge in [-0.05, 0) is 26.7 Å². The quantitative estimate of drug-likeness (QED) is 0.767. The highest BCUT2D eigenvalue weighted by Crippen LogP contribution is 2.28. The highest BCUT2D eigenvalue weighted by atomic mass is 15.0. The SMILES string of the molecule is CC(C)Nc1cc(C2CC=CC2)ncn1. The Morgan fingerprint density at radius 3 is 2.67 bits per heavy atom. The molecule has 0 saturated heterocycles. The first-order chi connectivity index (χ1) is 7.25. The Kier molecular flexibility index (Phi) is 2.99. The summed E-state index contributed by atoms with van der Waals surface area (Å²) in [6.45, 7) is 4.22. The molecule has 0 spiro atoms. The lowest BCUT2D eigenvalue weighted by Crippen LogP contribution is -2.12. The molecule has 0 aromatic carbocycles. The maximum Gasteiger partial charge on any atom is 0.129 e. The van der Waals surface area contributed by atoms with E-state index in [0.29, 0.717) is 12.0 Å². The van der Waals surface area contributed by atoms with Gasteiger partial charge in [-0.25, -0.2) is 9.97 Å². The maximum atomic E-state index is 4.34. The molecule has 0 bridgehead atoms. The molecule has 0 unspecified atom stereocenters. The van der Waals surface area contributed by atoms with E-state index in [9.17, 15) is 0 Å². The monoisotopic (exact) mass is 203 g/mol. The van der Waals surface area contributed by atoms with Gasteiger partial charge in [-0.15, -0.1) is 0 Å². The number of hydrogen-bond acceptors (Lipinski definition) is 3. The van der Waals surface area contributed by atoms with Crippen LogP contribution in [0.2, 0.25) is 0 Å². The summed E-state index contributed by atoms with van der Waals surface area (Å²) in [5.74, 6) is 1.49.